The second-order valence-corrected chi connectivity index (χ2v) is 4.76. The number of hydrogen-bond donors (Lipinski definition) is 1. The Bertz CT molecular complexity index is 238. The maximum Gasteiger partial charge on any atom is 0.0900 e. The Labute approximate surface area is 97.8 Å². The van der Waals surface area contributed by atoms with E-state index in [9.17, 15) is 5.11 Å². The SMILES string of the molecule is CC(C)OCC(O)CN1CCCC(C#N)C1. The van der Waals surface area contributed by atoms with E-state index in [1.54, 1.807) is 0 Å². The number of piperidine rings is 1. The molecule has 1 aliphatic heterocycles. The molecule has 1 aliphatic rings. The lowest BCUT2D eigenvalue weighted by Crippen LogP contribution is -2.41. The topological polar surface area (TPSA) is 56.5 Å². The van der Waals surface area contributed by atoms with Gasteiger partial charge in [0.2, 0.25) is 0 Å². The van der Waals surface area contributed by atoms with Gasteiger partial charge in [-0.25, -0.2) is 0 Å². The van der Waals surface area contributed by atoms with Crippen LogP contribution in [0.3, 0.4) is 0 Å². The molecule has 0 aliphatic carbocycles. The normalized spacial score (nSPS) is 24.3. The number of rotatable bonds is 5. The van der Waals surface area contributed by atoms with E-state index in [-0.39, 0.29) is 12.0 Å². The lowest BCUT2D eigenvalue weighted by molar-refractivity contribution is -0.0121. The molecule has 4 heteroatoms. The Balaban J connectivity index is 2.22. The first-order valence-electron chi connectivity index (χ1n) is 6.03. The van der Waals surface area contributed by atoms with Crippen molar-refractivity contribution >= 4 is 0 Å². The minimum absolute atomic E-state index is 0.131. The van der Waals surface area contributed by atoms with E-state index in [1.165, 1.54) is 0 Å². The summed E-state index contributed by atoms with van der Waals surface area (Å²) in [5.41, 5.74) is 0. The van der Waals surface area contributed by atoms with Crippen LogP contribution in [-0.2, 0) is 4.74 Å². The highest BCUT2D eigenvalue weighted by atomic mass is 16.5. The van der Waals surface area contributed by atoms with E-state index < -0.39 is 6.10 Å². The van der Waals surface area contributed by atoms with Gasteiger partial charge < -0.3 is 9.84 Å². The Morgan fingerprint density at radius 1 is 1.56 bits per heavy atom. The minimum atomic E-state index is -0.445. The van der Waals surface area contributed by atoms with Gasteiger partial charge in [0.25, 0.3) is 0 Å². The van der Waals surface area contributed by atoms with Crippen molar-refractivity contribution in [3.8, 4) is 6.07 Å². The molecular weight excluding hydrogens is 204 g/mol. The predicted octanol–water partition coefficient (Wildman–Crippen LogP) is 1.01. The zero-order valence-corrected chi connectivity index (χ0v) is 10.2. The molecule has 0 aromatic rings. The van der Waals surface area contributed by atoms with E-state index in [0.717, 1.165) is 25.9 Å². The van der Waals surface area contributed by atoms with Gasteiger partial charge in [0, 0.05) is 13.1 Å². The molecule has 0 aromatic heterocycles. The monoisotopic (exact) mass is 226 g/mol. The van der Waals surface area contributed by atoms with Gasteiger partial charge in [0.05, 0.1) is 30.8 Å². The van der Waals surface area contributed by atoms with Crippen molar-refractivity contribution < 1.29 is 9.84 Å². The second kappa shape index (κ2) is 6.85. The Morgan fingerprint density at radius 2 is 2.31 bits per heavy atom. The molecule has 4 nitrogen and oxygen atoms in total. The molecule has 1 fully saturated rings. The molecule has 1 rings (SSSR count). The van der Waals surface area contributed by atoms with Gasteiger partial charge in [-0.3, -0.25) is 4.90 Å². The molecule has 16 heavy (non-hydrogen) atoms. The number of aliphatic hydroxyl groups excluding tert-OH is 1. The molecule has 92 valence electrons. The quantitative estimate of drug-likeness (QED) is 0.760. The standard InChI is InChI=1S/C12H22N2O2/c1-10(2)16-9-12(15)8-14-5-3-4-11(6-13)7-14/h10-12,15H,3-5,7-9H2,1-2H3. The molecule has 0 spiro atoms. The van der Waals surface area contributed by atoms with Gasteiger partial charge in [-0.1, -0.05) is 0 Å². The summed E-state index contributed by atoms with van der Waals surface area (Å²) in [7, 11) is 0. The second-order valence-electron chi connectivity index (χ2n) is 4.76. The third-order valence-corrected chi connectivity index (χ3v) is 2.78. The average molecular weight is 226 g/mol. The highest BCUT2D eigenvalue weighted by Gasteiger charge is 2.21. The van der Waals surface area contributed by atoms with Crippen molar-refractivity contribution in [3.05, 3.63) is 0 Å². The summed E-state index contributed by atoms with van der Waals surface area (Å²) in [6.07, 6.45) is 1.75. The summed E-state index contributed by atoms with van der Waals surface area (Å²) in [5.74, 6) is 0.131. The average Bonchev–Trinajstić information content (AvgIpc) is 2.26. The number of likely N-dealkylation sites (tertiary alicyclic amines) is 1. The summed E-state index contributed by atoms with van der Waals surface area (Å²) in [4.78, 5) is 2.16. The van der Waals surface area contributed by atoms with Crippen molar-refractivity contribution in [1.29, 1.82) is 5.26 Å². The molecule has 0 amide bonds. The third-order valence-electron chi connectivity index (χ3n) is 2.78. The predicted molar refractivity (Wildman–Crippen MR) is 61.9 cm³/mol. The van der Waals surface area contributed by atoms with Gasteiger partial charge in [-0.2, -0.15) is 5.26 Å². The van der Waals surface area contributed by atoms with Gasteiger partial charge in [0.1, 0.15) is 0 Å². The highest BCUT2D eigenvalue weighted by molar-refractivity contribution is 4.88. The van der Waals surface area contributed by atoms with Crippen LogP contribution in [0.2, 0.25) is 0 Å². The number of nitriles is 1. The maximum atomic E-state index is 9.76. The highest BCUT2D eigenvalue weighted by Crippen LogP contribution is 2.15. The first-order valence-corrected chi connectivity index (χ1v) is 6.03. The van der Waals surface area contributed by atoms with Crippen LogP contribution in [0.5, 0.6) is 0 Å². The van der Waals surface area contributed by atoms with Crippen molar-refractivity contribution in [2.45, 2.75) is 38.9 Å². The minimum Gasteiger partial charge on any atom is -0.389 e. The van der Waals surface area contributed by atoms with E-state index in [1.807, 2.05) is 13.8 Å². The number of ether oxygens (including phenoxy) is 1. The fourth-order valence-corrected chi connectivity index (χ4v) is 1.98. The van der Waals surface area contributed by atoms with Crippen LogP contribution < -0.4 is 0 Å². The zero-order chi connectivity index (χ0) is 12.0. The zero-order valence-electron chi connectivity index (χ0n) is 10.2. The molecule has 1 saturated heterocycles. The van der Waals surface area contributed by atoms with Crippen LogP contribution in [0.1, 0.15) is 26.7 Å². The van der Waals surface area contributed by atoms with Crippen LogP contribution in [0.25, 0.3) is 0 Å². The molecule has 0 aromatic carbocycles. The summed E-state index contributed by atoms with van der Waals surface area (Å²) in [5, 5.41) is 18.6. The van der Waals surface area contributed by atoms with Crippen molar-refractivity contribution in [2.75, 3.05) is 26.2 Å². The Kier molecular flexibility index (Phi) is 5.75. The lowest BCUT2D eigenvalue weighted by Gasteiger charge is -2.31. The molecule has 1 heterocycles. The van der Waals surface area contributed by atoms with E-state index in [2.05, 4.69) is 11.0 Å². The molecule has 0 radical (unpaired) electrons. The number of hydrogen-bond acceptors (Lipinski definition) is 4. The van der Waals surface area contributed by atoms with E-state index >= 15 is 0 Å². The molecule has 1 N–H and O–H groups in total. The van der Waals surface area contributed by atoms with Crippen molar-refractivity contribution in [2.24, 2.45) is 5.92 Å². The first kappa shape index (κ1) is 13.4. The van der Waals surface area contributed by atoms with Gasteiger partial charge in [-0.05, 0) is 33.2 Å². The van der Waals surface area contributed by atoms with Crippen molar-refractivity contribution in [3.63, 3.8) is 0 Å². The van der Waals surface area contributed by atoms with E-state index in [4.69, 9.17) is 10.00 Å². The summed E-state index contributed by atoms with van der Waals surface area (Å²) in [6, 6.07) is 2.30. The molecule has 0 bridgehead atoms. The summed E-state index contributed by atoms with van der Waals surface area (Å²) in [6.45, 7) is 6.68. The van der Waals surface area contributed by atoms with Crippen LogP contribution in [-0.4, -0.2) is 48.5 Å². The first-order chi connectivity index (χ1) is 7.61. The lowest BCUT2D eigenvalue weighted by atomic mass is 9.99. The van der Waals surface area contributed by atoms with Crippen LogP contribution in [0, 0.1) is 17.2 Å². The maximum absolute atomic E-state index is 9.76. The van der Waals surface area contributed by atoms with Gasteiger partial charge >= 0.3 is 0 Å². The summed E-state index contributed by atoms with van der Waals surface area (Å²) >= 11 is 0. The number of aliphatic hydroxyl groups is 1. The van der Waals surface area contributed by atoms with Gasteiger partial charge in [0.15, 0.2) is 0 Å². The molecule has 2 atom stereocenters. The molecule has 0 saturated carbocycles. The largest absolute Gasteiger partial charge is 0.389 e. The fourth-order valence-electron chi connectivity index (χ4n) is 1.98. The van der Waals surface area contributed by atoms with Gasteiger partial charge in [-0.15, -0.1) is 0 Å². The van der Waals surface area contributed by atoms with Crippen molar-refractivity contribution in [1.82, 2.24) is 4.90 Å². The van der Waals surface area contributed by atoms with Crippen LogP contribution in [0.4, 0.5) is 0 Å². The third kappa shape index (κ3) is 4.93. The summed E-state index contributed by atoms with van der Waals surface area (Å²) < 4.78 is 5.36. The van der Waals surface area contributed by atoms with E-state index in [0.29, 0.717) is 13.2 Å². The van der Waals surface area contributed by atoms with Crippen LogP contribution in [0.15, 0.2) is 0 Å². The number of β-amino-alcohol motifs (C(OH)–C–C–N with tert-alkyl or cyclic N) is 1. The molecular formula is C12H22N2O2. The number of nitrogens with zero attached hydrogens (tertiary/aromatic N) is 2. The Hall–Kier alpha value is -0.630. The fraction of sp³-hybridized carbons (Fsp3) is 0.917. The van der Waals surface area contributed by atoms with Crippen LogP contribution >= 0.6 is 0 Å². The Morgan fingerprint density at radius 3 is 2.94 bits per heavy atom. The smallest absolute Gasteiger partial charge is 0.0900 e. The molecule has 2 unspecified atom stereocenters.